The van der Waals surface area contributed by atoms with E-state index in [-0.39, 0.29) is 23.6 Å². The van der Waals surface area contributed by atoms with Gasteiger partial charge >= 0.3 is 0 Å². The summed E-state index contributed by atoms with van der Waals surface area (Å²) in [5, 5.41) is 9.48. The number of benzene rings is 2. The number of rotatable bonds is 7. The molecule has 0 bridgehead atoms. The summed E-state index contributed by atoms with van der Waals surface area (Å²) in [6.07, 6.45) is 4.07. The van der Waals surface area contributed by atoms with Crippen molar-refractivity contribution < 1.29 is 14.4 Å². The van der Waals surface area contributed by atoms with E-state index in [0.717, 1.165) is 29.3 Å². The Balaban J connectivity index is 1.48. The van der Waals surface area contributed by atoms with Crippen LogP contribution in [-0.2, 0) is 20.8 Å². The maximum Gasteiger partial charge on any atom is 0.247 e. The normalized spacial score (nSPS) is 14.2. The molecule has 7 nitrogen and oxygen atoms in total. The number of aromatic nitrogens is 1. The average Bonchev–Trinajstić information content (AvgIpc) is 3.49. The van der Waals surface area contributed by atoms with Crippen molar-refractivity contribution >= 4 is 40.0 Å². The molecule has 1 aliphatic rings. The zero-order valence-corrected chi connectivity index (χ0v) is 16.7. The minimum Gasteiger partial charge on any atom is -0.361 e. The van der Waals surface area contributed by atoms with Crippen molar-refractivity contribution in [2.75, 3.05) is 10.6 Å². The number of fused-ring (bicyclic) bond motifs is 1. The van der Waals surface area contributed by atoms with Crippen molar-refractivity contribution in [3.05, 3.63) is 60.3 Å². The van der Waals surface area contributed by atoms with Crippen LogP contribution in [0.1, 0.15) is 25.3 Å². The Bertz CT molecular complexity index is 1100. The summed E-state index contributed by atoms with van der Waals surface area (Å²) in [5.41, 5.74) is 3.12. The second kappa shape index (κ2) is 8.41. The molecule has 154 valence electrons. The molecule has 1 atom stereocenters. The molecule has 3 amide bonds. The summed E-state index contributed by atoms with van der Waals surface area (Å²) in [5.74, 6) is -0.487. The summed E-state index contributed by atoms with van der Waals surface area (Å²) >= 11 is 0. The molecule has 0 spiro atoms. The number of para-hydroxylation sites is 1. The highest BCUT2D eigenvalue weighted by Crippen LogP contribution is 2.30. The van der Waals surface area contributed by atoms with E-state index in [0.29, 0.717) is 17.8 Å². The van der Waals surface area contributed by atoms with Crippen molar-refractivity contribution in [1.82, 2.24) is 10.3 Å². The second-order valence-corrected chi connectivity index (χ2v) is 7.65. The molecular weight excluding hydrogens is 380 g/mol. The maximum absolute atomic E-state index is 12.9. The molecule has 1 aromatic heterocycles. The molecule has 1 fully saturated rings. The lowest BCUT2D eigenvalue weighted by Gasteiger charge is -2.18. The van der Waals surface area contributed by atoms with Gasteiger partial charge in [-0.1, -0.05) is 24.3 Å². The lowest BCUT2D eigenvalue weighted by atomic mass is 10.0. The molecule has 3 aromatic rings. The highest BCUT2D eigenvalue weighted by molar-refractivity contribution is 5.99. The summed E-state index contributed by atoms with van der Waals surface area (Å²) < 4.78 is 0. The highest BCUT2D eigenvalue weighted by Gasteiger charge is 2.29. The van der Waals surface area contributed by atoms with Gasteiger partial charge in [-0.15, -0.1) is 0 Å². The van der Waals surface area contributed by atoms with Crippen molar-refractivity contribution in [2.24, 2.45) is 5.92 Å². The number of amides is 3. The van der Waals surface area contributed by atoms with E-state index >= 15 is 0 Å². The molecule has 1 heterocycles. The van der Waals surface area contributed by atoms with Gasteiger partial charge in [0.25, 0.3) is 0 Å². The number of H-pyrrole nitrogens is 1. The SMILES string of the molecule is CC(=O)N[C@@H](Cc1c[nH]c2ccccc12)C(=O)Nc1cccc(NC(=O)C2CC2)c1. The number of hydrogen-bond acceptors (Lipinski definition) is 3. The summed E-state index contributed by atoms with van der Waals surface area (Å²) in [4.78, 5) is 39.8. The van der Waals surface area contributed by atoms with Gasteiger partial charge in [0, 0.05) is 47.7 Å². The van der Waals surface area contributed by atoms with Crippen LogP contribution in [0.4, 0.5) is 11.4 Å². The molecule has 4 rings (SSSR count). The standard InChI is InChI=1S/C23H24N4O3/c1-14(28)25-21(11-16-13-24-20-8-3-2-7-19(16)20)23(30)27-18-6-4-5-17(12-18)26-22(29)15-9-10-15/h2-8,12-13,15,21,24H,9-11H2,1H3,(H,25,28)(H,26,29)(H,27,30)/t21-/m0/s1. The van der Waals surface area contributed by atoms with Gasteiger partial charge in [0.2, 0.25) is 17.7 Å². The number of carbonyl (C=O) groups excluding carboxylic acids is 3. The average molecular weight is 404 g/mol. The Morgan fingerprint density at radius 1 is 1.03 bits per heavy atom. The molecule has 1 saturated carbocycles. The topological polar surface area (TPSA) is 103 Å². The summed E-state index contributed by atoms with van der Waals surface area (Å²) in [7, 11) is 0. The zero-order valence-electron chi connectivity index (χ0n) is 16.7. The Labute approximate surface area is 174 Å². The molecule has 4 N–H and O–H groups in total. The number of hydrogen-bond donors (Lipinski definition) is 4. The van der Waals surface area contributed by atoms with Gasteiger partial charge in [0.1, 0.15) is 6.04 Å². The minimum absolute atomic E-state index is 0.00827. The quantitative estimate of drug-likeness (QED) is 0.486. The van der Waals surface area contributed by atoms with Crippen LogP contribution in [0.2, 0.25) is 0 Å². The summed E-state index contributed by atoms with van der Waals surface area (Å²) in [6, 6.07) is 14.1. The molecule has 30 heavy (non-hydrogen) atoms. The molecule has 2 aromatic carbocycles. The first kappa shape index (κ1) is 19.7. The lowest BCUT2D eigenvalue weighted by molar-refractivity contribution is -0.125. The van der Waals surface area contributed by atoms with Crippen molar-refractivity contribution in [2.45, 2.75) is 32.2 Å². The fraction of sp³-hybridized carbons (Fsp3) is 0.261. The van der Waals surface area contributed by atoms with Gasteiger partial charge < -0.3 is 20.9 Å². The van der Waals surface area contributed by atoms with Gasteiger partial charge in [-0.05, 0) is 42.7 Å². The lowest BCUT2D eigenvalue weighted by Crippen LogP contribution is -2.44. The third-order valence-corrected chi connectivity index (χ3v) is 5.14. The molecule has 7 heteroatoms. The van der Waals surface area contributed by atoms with E-state index in [2.05, 4.69) is 20.9 Å². The third-order valence-electron chi connectivity index (χ3n) is 5.14. The van der Waals surface area contributed by atoms with Crippen molar-refractivity contribution in [3.8, 4) is 0 Å². The number of carbonyl (C=O) groups is 3. The third kappa shape index (κ3) is 4.68. The minimum atomic E-state index is -0.730. The molecule has 0 radical (unpaired) electrons. The Morgan fingerprint density at radius 3 is 2.50 bits per heavy atom. The van der Waals surface area contributed by atoms with E-state index in [4.69, 9.17) is 0 Å². The zero-order chi connectivity index (χ0) is 21.1. The van der Waals surface area contributed by atoms with E-state index < -0.39 is 6.04 Å². The van der Waals surface area contributed by atoms with Crippen LogP contribution >= 0.6 is 0 Å². The number of aromatic amines is 1. The molecule has 0 aliphatic heterocycles. The van der Waals surface area contributed by atoms with E-state index in [1.54, 1.807) is 24.3 Å². The largest absolute Gasteiger partial charge is 0.361 e. The fourth-order valence-electron chi connectivity index (χ4n) is 3.47. The van der Waals surface area contributed by atoms with Crippen LogP contribution in [-0.4, -0.2) is 28.7 Å². The second-order valence-electron chi connectivity index (χ2n) is 7.65. The number of nitrogens with one attached hydrogen (secondary N) is 4. The van der Waals surface area contributed by atoms with E-state index in [9.17, 15) is 14.4 Å². The van der Waals surface area contributed by atoms with Crippen LogP contribution in [0.25, 0.3) is 10.9 Å². The van der Waals surface area contributed by atoms with Crippen LogP contribution in [0.15, 0.2) is 54.7 Å². The number of anilines is 2. The summed E-state index contributed by atoms with van der Waals surface area (Å²) in [6.45, 7) is 1.39. The van der Waals surface area contributed by atoms with Crippen molar-refractivity contribution in [1.29, 1.82) is 0 Å². The van der Waals surface area contributed by atoms with Gasteiger partial charge in [0.05, 0.1) is 0 Å². The van der Waals surface area contributed by atoms with Crippen LogP contribution in [0, 0.1) is 5.92 Å². The molecule has 0 saturated heterocycles. The molecule has 1 aliphatic carbocycles. The first-order chi connectivity index (χ1) is 14.5. The van der Waals surface area contributed by atoms with Gasteiger partial charge in [0.15, 0.2) is 0 Å². The predicted octanol–water partition coefficient (Wildman–Crippen LogP) is 3.20. The monoisotopic (exact) mass is 404 g/mol. The van der Waals surface area contributed by atoms with Crippen LogP contribution in [0.5, 0.6) is 0 Å². The smallest absolute Gasteiger partial charge is 0.247 e. The predicted molar refractivity (Wildman–Crippen MR) is 116 cm³/mol. The van der Waals surface area contributed by atoms with E-state index in [1.807, 2.05) is 30.5 Å². The van der Waals surface area contributed by atoms with E-state index in [1.165, 1.54) is 6.92 Å². The Hall–Kier alpha value is -3.61. The van der Waals surface area contributed by atoms with Crippen molar-refractivity contribution in [3.63, 3.8) is 0 Å². The Kier molecular flexibility index (Phi) is 5.52. The van der Waals surface area contributed by atoms with Gasteiger partial charge in [-0.3, -0.25) is 14.4 Å². The first-order valence-corrected chi connectivity index (χ1v) is 10.0. The van der Waals surface area contributed by atoms with Gasteiger partial charge in [-0.2, -0.15) is 0 Å². The van der Waals surface area contributed by atoms with Gasteiger partial charge in [-0.25, -0.2) is 0 Å². The maximum atomic E-state index is 12.9. The first-order valence-electron chi connectivity index (χ1n) is 10.0. The molecular formula is C23H24N4O3. The molecule has 0 unspecified atom stereocenters. The Morgan fingerprint density at radius 2 is 1.77 bits per heavy atom. The highest BCUT2D eigenvalue weighted by atomic mass is 16.2. The van der Waals surface area contributed by atoms with Crippen LogP contribution in [0.3, 0.4) is 0 Å². The fourth-order valence-corrected chi connectivity index (χ4v) is 3.47. The van der Waals surface area contributed by atoms with Crippen LogP contribution < -0.4 is 16.0 Å².